The van der Waals surface area contributed by atoms with Crippen LogP contribution in [0.15, 0.2) is 0 Å². The number of aliphatic hydroxyl groups is 1. The van der Waals surface area contributed by atoms with Gasteiger partial charge in [-0.3, -0.25) is 14.4 Å². The molecule has 0 rings (SSSR count). The number of thioether (sulfide) groups is 1. The highest BCUT2D eigenvalue weighted by Gasteiger charge is 2.32. The predicted octanol–water partition coefficient (Wildman–Crippen LogP) is -1.04. The first-order valence-electron chi connectivity index (χ1n) is 9.61. The fraction of sp³-hybridized carbons (Fsp3) is 0.778. The summed E-state index contributed by atoms with van der Waals surface area (Å²) >= 11 is 5.37. The van der Waals surface area contributed by atoms with Crippen molar-refractivity contribution in [3.63, 3.8) is 0 Å². The molecule has 12 heteroatoms. The minimum atomic E-state index is -1.33. The van der Waals surface area contributed by atoms with E-state index in [0.29, 0.717) is 5.75 Å². The van der Waals surface area contributed by atoms with Crippen molar-refractivity contribution in [1.82, 2.24) is 16.0 Å². The van der Waals surface area contributed by atoms with Crippen molar-refractivity contribution in [2.24, 2.45) is 11.7 Å². The Morgan fingerprint density at radius 1 is 1.00 bits per heavy atom. The highest BCUT2D eigenvalue weighted by molar-refractivity contribution is 7.98. The lowest BCUT2D eigenvalue weighted by Crippen LogP contribution is -2.60. The highest BCUT2D eigenvalue weighted by atomic mass is 32.2. The Labute approximate surface area is 186 Å². The highest BCUT2D eigenvalue weighted by Crippen LogP contribution is 2.08. The number of nitrogens with one attached hydrogen (secondary N) is 3. The van der Waals surface area contributed by atoms with E-state index >= 15 is 0 Å². The SMILES string of the molecule is CSCCC(NC(=O)C(NC(=O)C(N)CS)C(C)O)C(=O)NC(CC(C)C)C(=O)O. The lowest BCUT2D eigenvalue weighted by molar-refractivity contribution is -0.143. The van der Waals surface area contributed by atoms with Crippen molar-refractivity contribution in [2.75, 3.05) is 17.8 Å². The van der Waals surface area contributed by atoms with E-state index < -0.39 is 54.0 Å². The molecule has 5 unspecified atom stereocenters. The number of rotatable bonds is 14. The van der Waals surface area contributed by atoms with Gasteiger partial charge in [0.15, 0.2) is 0 Å². The van der Waals surface area contributed by atoms with Crippen LogP contribution in [0.5, 0.6) is 0 Å². The number of carbonyl (C=O) groups excluding carboxylic acids is 3. The third-order valence-corrected chi connectivity index (χ3v) is 5.20. The lowest BCUT2D eigenvalue weighted by Gasteiger charge is -2.26. The van der Waals surface area contributed by atoms with Gasteiger partial charge < -0.3 is 31.9 Å². The van der Waals surface area contributed by atoms with Gasteiger partial charge in [0.05, 0.1) is 12.1 Å². The fourth-order valence-corrected chi connectivity index (χ4v) is 3.12. The van der Waals surface area contributed by atoms with Gasteiger partial charge in [0.1, 0.15) is 18.1 Å². The summed E-state index contributed by atoms with van der Waals surface area (Å²) in [6, 6.07) is -4.42. The topological polar surface area (TPSA) is 171 Å². The van der Waals surface area contributed by atoms with Gasteiger partial charge in [0, 0.05) is 5.75 Å². The number of aliphatic carboxylic acids is 1. The molecule has 7 N–H and O–H groups in total. The monoisotopic (exact) mass is 466 g/mol. The summed E-state index contributed by atoms with van der Waals surface area (Å²) in [5.74, 6) is -2.64. The Morgan fingerprint density at radius 2 is 1.57 bits per heavy atom. The van der Waals surface area contributed by atoms with Crippen LogP contribution in [0.3, 0.4) is 0 Å². The Bertz CT molecular complexity index is 591. The van der Waals surface area contributed by atoms with Crippen molar-refractivity contribution in [3.8, 4) is 0 Å². The largest absolute Gasteiger partial charge is 0.480 e. The van der Waals surface area contributed by atoms with Crippen LogP contribution in [0.2, 0.25) is 0 Å². The molecule has 0 spiro atoms. The van der Waals surface area contributed by atoms with E-state index in [1.807, 2.05) is 20.1 Å². The predicted molar refractivity (Wildman–Crippen MR) is 119 cm³/mol. The Kier molecular flexibility index (Phi) is 13.8. The molecule has 30 heavy (non-hydrogen) atoms. The Morgan fingerprint density at radius 3 is 2.00 bits per heavy atom. The maximum atomic E-state index is 12.7. The van der Waals surface area contributed by atoms with Gasteiger partial charge in [-0.1, -0.05) is 13.8 Å². The smallest absolute Gasteiger partial charge is 0.326 e. The first kappa shape index (κ1) is 28.5. The third-order valence-electron chi connectivity index (χ3n) is 4.16. The molecule has 0 aromatic heterocycles. The van der Waals surface area contributed by atoms with Crippen molar-refractivity contribution in [3.05, 3.63) is 0 Å². The second-order valence-electron chi connectivity index (χ2n) is 7.39. The van der Waals surface area contributed by atoms with Crippen LogP contribution in [-0.4, -0.2) is 81.9 Å². The average molecular weight is 467 g/mol. The van der Waals surface area contributed by atoms with Crippen LogP contribution >= 0.6 is 24.4 Å². The first-order chi connectivity index (χ1) is 13.9. The number of amides is 3. The normalized spacial score (nSPS) is 16.1. The van der Waals surface area contributed by atoms with Gasteiger partial charge in [-0.05, 0) is 37.7 Å². The number of thiol groups is 1. The number of aliphatic hydroxyl groups excluding tert-OH is 1. The van der Waals surface area contributed by atoms with E-state index in [1.165, 1.54) is 18.7 Å². The zero-order valence-corrected chi connectivity index (χ0v) is 19.5. The van der Waals surface area contributed by atoms with Gasteiger partial charge in [0.2, 0.25) is 17.7 Å². The quantitative estimate of drug-likeness (QED) is 0.159. The number of hydrogen-bond donors (Lipinski definition) is 7. The van der Waals surface area contributed by atoms with Gasteiger partial charge in [-0.15, -0.1) is 0 Å². The maximum Gasteiger partial charge on any atom is 0.326 e. The Hall–Kier alpha value is -1.50. The van der Waals surface area contributed by atoms with E-state index in [0.717, 1.165) is 0 Å². The number of nitrogens with two attached hydrogens (primary N) is 1. The standard InChI is InChI=1S/C18H34N4O6S2/c1-9(2)7-13(18(27)28)21-16(25)12(5-6-30-4)20-17(26)14(10(3)23)22-15(24)11(19)8-29/h9-14,23,29H,5-8,19H2,1-4H3,(H,20,26)(H,21,25)(H,22,24)(H,27,28). The van der Waals surface area contributed by atoms with Gasteiger partial charge in [-0.25, -0.2) is 4.79 Å². The van der Waals surface area contributed by atoms with Crippen molar-refractivity contribution in [1.29, 1.82) is 0 Å². The van der Waals surface area contributed by atoms with Crippen molar-refractivity contribution >= 4 is 48.1 Å². The first-order valence-corrected chi connectivity index (χ1v) is 11.6. The molecule has 0 radical (unpaired) electrons. The molecule has 0 aliphatic carbocycles. The molecule has 3 amide bonds. The zero-order chi connectivity index (χ0) is 23.4. The number of carboxylic acid groups (broad SMARTS) is 1. The molecule has 0 saturated carbocycles. The molecule has 0 bridgehead atoms. The van der Waals surface area contributed by atoms with Crippen LogP contribution in [0.1, 0.15) is 33.6 Å². The summed E-state index contributed by atoms with van der Waals surface area (Å²) < 4.78 is 0. The van der Waals surface area contributed by atoms with Crippen molar-refractivity contribution in [2.45, 2.75) is 63.9 Å². The second kappa shape index (κ2) is 14.5. The summed E-state index contributed by atoms with van der Waals surface area (Å²) in [5, 5.41) is 26.6. The molecule has 0 aromatic carbocycles. The Balaban J connectivity index is 5.35. The van der Waals surface area contributed by atoms with Gasteiger partial charge in [0.25, 0.3) is 0 Å². The molecule has 174 valence electrons. The van der Waals surface area contributed by atoms with Crippen molar-refractivity contribution < 1.29 is 29.4 Å². The summed E-state index contributed by atoms with van der Waals surface area (Å²) in [6.07, 6.45) is 1.05. The number of carbonyl (C=O) groups is 4. The summed E-state index contributed by atoms with van der Waals surface area (Å²) in [5.41, 5.74) is 5.58. The van der Waals surface area contributed by atoms with Crippen LogP contribution in [0.4, 0.5) is 0 Å². The van der Waals surface area contributed by atoms with Crippen LogP contribution in [-0.2, 0) is 19.2 Å². The average Bonchev–Trinajstić information content (AvgIpc) is 2.66. The van der Waals surface area contributed by atoms with E-state index in [-0.39, 0.29) is 24.5 Å². The molecule has 5 atom stereocenters. The van der Waals surface area contributed by atoms with Gasteiger partial charge in [-0.2, -0.15) is 24.4 Å². The molecule has 0 heterocycles. The summed E-state index contributed by atoms with van der Waals surface area (Å²) in [6.45, 7) is 4.98. The molecule has 0 aliphatic heterocycles. The van der Waals surface area contributed by atoms with E-state index in [2.05, 4.69) is 28.6 Å². The molecule has 10 nitrogen and oxygen atoms in total. The van der Waals surface area contributed by atoms with E-state index in [4.69, 9.17) is 5.73 Å². The second-order valence-corrected chi connectivity index (χ2v) is 8.74. The van der Waals surface area contributed by atoms with Crippen LogP contribution in [0, 0.1) is 5.92 Å². The van der Waals surface area contributed by atoms with E-state index in [1.54, 1.807) is 0 Å². The number of carboxylic acids is 1. The lowest BCUT2D eigenvalue weighted by atomic mass is 10.0. The molecular weight excluding hydrogens is 432 g/mol. The molecule has 0 aromatic rings. The molecule has 0 aliphatic rings. The van der Waals surface area contributed by atoms with Crippen LogP contribution < -0.4 is 21.7 Å². The third kappa shape index (κ3) is 10.5. The zero-order valence-electron chi connectivity index (χ0n) is 17.8. The minimum Gasteiger partial charge on any atom is -0.480 e. The molecule has 0 fully saturated rings. The van der Waals surface area contributed by atoms with Crippen LogP contribution in [0.25, 0.3) is 0 Å². The molecular formula is C18H34N4O6S2. The maximum absolute atomic E-state index is 12.7. The van der Waals surface area contributed by atoms with E-state index in [9.17, 15) is 29.4 Å². The molecule has 0 saturated heterocycles. The van der Waals surface area contributed by atoms with Gasteiger partial charge >= 0.3 is 5.97 Å². The minimum absolute atomic E-state index is 0.0384. The summed E-state index contributed by atoms with van der Waals surface area (Å²) in [4.78, 5) is 48.7. The fourth-order valence-electron chi connectivity index (χ4n) is 2.48. The summed E-state index contributed by atoms with van der Waals surface area (Å²) in [7, 11) is 0. The number of hydrogen-bond acceptors (Lipinski definition) is 8.